The second kappa shape index (κ2) is 5.63. The van der Waals surface area contributed by atoms with Crippen molar-refractivity contribution in [2.45, 2.75) is 38.5 Å². The smallest absolute Gasteiger partial charge is 0.227 e. The highest BCUT2D eigenvalue weighted by Gasteiger charge is 2.12. The molecule has 0 aliphatic heterocycles. The summed E-state index contributed by atoms with van der Waals surface area (Å²) in [5.41, 5.74) is 5.47. The molecular formula is C11H19N5. The molecule has 0 spiro atoms. The maximum Gasteiger partial charge on any atom is 0.227 e. The molecule has 0 bridgehead atoms. The number of nitrogens with one attached hydrogen (secondary N) is 1. The van der Waals surface area contributed by atoms with Gasteiger partial charge in [0, 0.05) is 6.54 Å². The minimum atomic E-state index is 0.273. The summed E-state index contributed by atoms with van der Waals surface area (Å²) >= 11 is 0. The van der Waals surface area contributed by atoms with Crippen molar-refractivity contribution in [1.82, 2.24) is 15.0 Å². The number of anilines is 2. The third-order valence-corrected chi connectivity index (χ3v) is 3.15. The molecule has 1 aromatic rings. The van der Waals surface area contributed by atoms with E-state index in [-0.39, 0.29) is 5.95 Å². The van der Waals surface area contributed by atoms with Gasteiger partial charge in [-0.3, -0.25) is 0 Å². The lowest BCUT2D eigenvalue weighted by atomic mass is 9.87. The standard InChI is InChI=1S/C11H19N5/c12-10-14-8-15-11(16-10)13-7-6-9-4-2-1-3-5-9/h8-9H,1-7H2,(H3,12,13,14,15,16). The number of hydrogen-bond acceptors (Lipinski definition) is 5. The minimum absolute atomic E-state index is 0.273. The fourth-order valence-corrected chi connectivity index (χ4v) is 2.26. The van der Waals surface area contributed by atoms with Crippen LogP contribution in [0.25, 0.3) is 0 Å². The van der Waals surface area contributed by atoms with Gasteiger partial charge in [0.25, 0.3) is 0 Å². The lowest BCUT2D eigenvalue weighted by Gasteiger charge is -2.21. The van der Waals surface area contributed by atoms with Gasteiger partial charge >= 0.3 is 0 Å². The van der Waals surface area contributed by atoms with Crippen LogP contribution in [0.2, 0.25) is 0 Å². The van der Waals surface area contributed by atoms with E-state index in [0.717, 1.165) is 12.5 Å². The zero-order chi connectivity index (χ0) is 11.2. The molecule has 3 N–H and O–H groups in total. The summed E-state index contributed by atoms with van der Waals surface area (Å²) < 4.78 is 0. The minimum Gasteiger partial charge on any atom is -0.368 e. The molecule has 0 unspecified atom stereocenters. The van der Waals surface area contributed by atoms with Crippen molar-refractivity contribution in [2.75, 3.05) is 17.6 Å². The Morgan fingerprint density at radius 3 is 2.81 bits per heavy atom. The maximum atomic E-state index is 5.47. The zero-order valence-corrected chi connectivity index (χ0v) is 9.52. The van der Waals surface area contributed by atoms with Gasteiger partial charge in [0.05, 0.1) is 0 Å². The Bertz CT molecular complexity index is 322. The number of hydrogen-bond donors (Lipinski definition) is 2. The van der Waals surface area contributed by atoms with E-state index in [2.05, 4.69) is 20.3 Å². The molecule has 1 saturated carbocycles. The number of rotatable bonds is 4. The quantitative estimate of drug-likeness (QED) is 0.811. The summed E-state index contributed by atoms with van der Waals surface area (Å²) in [5, 5.41) is 3.19. The monoisotopic (exact) mass is 221 g/mol. The summed E-state index contributed by atoms with van der Waals surface area (Å²) in [7, 11) is 0. The second-order valence-corrected chi connectivity index (χ2v) is 4.39. The molecule has 1 aromatic heterocycles. The van der Waals surface area contributed by atoms with Crippen molar-refractivity contribution in [2.24, 2.45) is 5.92 Å². The van der Waals surface area contributed by atoms with E-state index in [1.807, 2.05) is 0 Å². The number of nitrogens with zero attached hydrogens (tertiary/aromatic N) is 3. The molecule has 1 aliphatic rings. The van der Waals surface area contributed by atoms with Gasteiger partial charge in [-0.25, -0.2) is 9.97 Å². The van der Waals surface area contributed by atoms with Gasteiger partial charge in [0.2, 0.25) is 11.9 Å². The predicted octanol–water partition coefficient (Wildman–Crippen LogP) is 1.84. The predicted molar refractivity (Wildman–Crippen MR) is 63.9 cm³/mol. The fourth-order valence-electron chi connectivity index (χ4n) is 2.26. The molecule has 5 nitrogen and oxygen atoms in total. The number of nitrogen functional groups attached to an aromatic ring is 1. The lowest BCUT2D eigenvalue weighted by molar-refractivity contribution is 0.345. The molecule has 0 aromatic carbocycles. The first-order chi connectivity index (χ1) is 7.84. The van der Waals surface area contributed by atoms with Crippen LogP contribution in [0.5, 0.6) is 0 Å². The normalized spacial score (nSPS) is 17.2. The van der Waals surface area contributed by atoms with Crippen LogP contribution < -0.4 is 11.1 Å². The summed E-state index contributed by atoms with van der Waals surface area (Å²) in [4.78, 5) is 11.8. The van der Waals surface area contributed by atoms with Crippen molar-refractivity contribution < 1.29 is 0 Å². The second-order valence-electron chi connectivity index (χ2n) is 4.39. The largest absolute Gasteiger partial charge is 0.368 e. The molecular weight excluding hydrogens is 202 g/mol. The van der Waals surface area contributed by atoms with Crippen molar-refractivity contribution in [3.8, 4) is 0 Å². The Labute approximate surface area is 95.9 Å². The summed E-state index contributed by atoms with van der Waals surface area (Å²) in [6.45, 7) is 0.925. The van der Waals surface area contributed by atoms with Crippen LogP contribution >= 0.6 is 0 Å². The Morgan fingerprint density at radius 1 is 1.25 bits per heavy atom. The topological polar surface area (TPSA) is 76.7 Å². The summed E-state index contributed by atoms with van der Waals surface area (Å²) in [6, 6.07) is 0. The molecule has 1 aliphatic carbocycles. The van der Waals surface area contributed by atoms with E-state index >= 15 is 0 Å². The Kier molecular flexibility index (Phi) is 3.91. The highest BCUT2D eigenvalue weighted by atomic mass is 15.2. The Hall–Kier alpha value is -1.39. The van der Waals surface area contributed by atoms with Gasteiger partial charge in [-0.1, -0.05) is 32.1 Å². The van der Waals surface area contributed by atoms with Gasteiger partial charge in [0.1, 0.15) is 6.33 Å². The van der Waals surface area contributed by atoms with E-state index in [4.69, 9.17) is 5.73 Å². The average Bonchev–Trinajstić information content (AvgIpc) is 2.30. The van der Waals surface area contributed by atoms with Crippen molar-refractivity contribution in [1.29, 1.82) is 0 Å². The first-order valence-corrected chi connectivity index (χ1v) is 6.03. The summed E-state index contributed by atoms with van der Waals surface area (Å²) in [5.74, 6) is 1.74. The maximum absolute atomic E-state index is 5.47. The van der Waals surface area contributed by atoms with Crippen LogP contribution in [0.3, 0.4) is 0 Å². The van der Waals surface area contributed by atoms with Gasteiger partial charge in [0.15, 0.2) is 0 Å². The molecule has 1 heterocycles. The van der Waals surface area contributed by atoms with E-state index in [0.29, 0.717) is 5.95 Å². The molecule has 16 heavy (non-hydrogen) atoms. The Balaban J connectivity index is 1.71. The van der Waals surface area contributed by atoms with Crippen LogP contribution in [-0.4, -0.2) is 21.5 Å². The van der Waals surface area contributed by atoms with E-state index in [1.165, 1.54) is 44.9 Å². The van der Waals surface area contributed by atoms with Crippen LogP contribution in [-0.2, 0) is 0 Å². The van der Waals surface area contributed by atoms with E-state index in [1.54, 1.807) is 0 Å². The molecule has 0 amide bonds. The molecule has 0 atom stereocenters. The summed E-state index contributed by atoms with van der Waals surface area (Å²) in [6.07, 6.45) is 9.58. The van der Waals surface area contributed by atoms with Gasteiger partial charge in [-0.2, -0.15) is 4.98 Å². The van der Waals surface area contributed by atoms with Crippen LogP contribution in [0.1, 0.15) is 38.5 Å². The van der Waals surface area contributed by atoms with E-state index in [9.17, 15) is 0 Å². The zero-order valence-electron chi connectivity index (χ0n) is 9.52. The molecule has 88 valence electrons. The van der Waals surface area contributed by atoms with Gasteiger partial charge in [-0.15, -0.1) is 0 Å². The molecule has 0 radical (unpaired) electrons. The van der Waals surface area contributed by atoms with Gasteiger partial charge in [-0.05, 0) is 12.3 Å². The highest BCUT2D eigenvalue weighted by molar-refractivity contribution is 5.28. The molecule has 0 saturated heterocycles. The van der Waals surface area contributed by atoms with Crippen LogP contribution in [0, 0.1) is 5.92 Å². The van der Waals surface area contributed by atoms with Crippen molar-refractivity contribution >= 4 is 11.9 Å². The first kappa shape index (κ1) is 11.1. The van der Waals surface area contributed by atoms with Crippen LogP contribution in [0.15, 0.2) is 6.33 Å². The van der Waals surface area contributed by atoms with Crippen molar-refractivity contribution in [3.05, 3.63) is 6.33 Å². The van der Waals surface area contributed by atoms with Crippen molar-refractivity contribution in [3.63, 3.8) is 0 Å². The van der Waals surface area contributed by atoms with Gasteiger partial charge < -0.3 is 11.1 Å². The lowest BCUT2D eigenvalue weighted by Crippen LogP contribution is -2.13. The third kappa shape index (κ3) is 3.32. The fraction of sp³-hybridized carbons (Fsp3) is 0.727. The molecule has 2 rings (SSSR count). The average molecular weight is 221 g/mol. The molecule has 1 fully saturated rings. The number of nitrogens with two attached hydrogens (primary N) is 1. The Morgan fingerprint density at radius 2 is 2.06 bits per heavy atom. The molecule has 5 heteroatoms. The van der Waals surface area contributed by atoms with E-state index < -0.39 is 0 Å². The van der Waals surface area contributed by atoms with Crippen LogP contribution in [0.4, 0.5) is 11.9 Å². The highest BCUT2D eigenvalue weighted by Crippen LogP contribution is 2.25. The SMILES string of the molecule is Nc1ncnc(NCCC2CCCCC2)n1. The third-order valence-electron chi connectivity index (χ3n) is 3.15. The number of aromatic nitrogens is 3. The first-order valence-electron chi connectivity index (χ1n) is 6.03.